The Hall–Kier alpha value is -0.720. The zero-order valence-electron chi connectivity index (χ0n) is 16.4. The minimum Gasteiger partial charge on any atom is -0.488 e. The smallest absolute Gasteiger partial charge is 0.115 e. The molecular weight excluding hydrogens is 268 g/mol. The fourth-order valence-electron chi connectivity index (χ4n) is 3.14. The van der Waals surface area contributed by atoms with Crippen LogP contribution in [0.1, 0.15) is 81.6 Å². The molecule has 0 aliphatic heterocycles. The highest BCUT2D eigenvalue weighted by molar-refractivity contribution is 5.20. The van der Waals surface area contributed by atoms with Gasteiger partial charge in [-0.3, -0.25) is 0 Å². The molecule has 0 aromatic rings. The summed E-state index contributed by atoms with van der Waals surface area (Å²) < 4.78 is 6.12. The van der Waals surface area contributed by atoms with Crippen LogP contribution in [0.3, 0.4) is 0 Å². The van der Waals surface area contributed by atoms with E-state index in [4.69, 9.17) is 4.74 Å². The Morgan fingerprint density at radius 1 is 1.09 bits per heavy atom. The lowest BCUT2D eigenvalue weighted by atomic mass is 9.65. The van der Waals surface area contributed by atoms with Gasteiger partial charge >= 0.3 is 0 Å². The first-order valence-electron chi connectivity index (χ1n) is 8.91. The van der Waals surface area contributed by atoms with E-state index in [1.54, 1.807) is 0 Å². The lowest BCUT2D eigenvalue weighted by Crippen LogP contribution is -2.32. The van der Waals surface area contributed by atoms with Gasteiger partial charge in [0.25, 0.3) is 0 Å². The van der Waals surface area contributed by atoms with Crippen molar-refractivity contribution in [2.24, 2.45) is 22.7 Å². The van der Waals surface area contributed by atoms with Gasteiger partial charge in [0.1, 0.15) is 11.4 Å². The molecule has 0 N–H and O–H groups in total. The molecule has 0 saturated carbocycles. The summed E-state index contributed by atoms with van der Waals surface area (Å²) in [6.45, 7) is 20.7. The second-order valence-electron chi connectivity index (χ2n) is 9.82. The summed E-state index contributed by atoms with van der Waals surface area (Å²) in [5, 5.41) is 0. The van der Waals surface area contributed by atoms with Gasteiger partial charge in [0.15, 0.2) is 0 Å². The summed E-state index contributed by atoms with van der Waals surface area (Å²) in [6.07, 6.45) is 10.3. The maximum atomic E-state index is 6.12. The second-order valence-corrected chi connectivity index (χ2v) is 9.82. The van der Waals surface area contributed by atoms with E-state index in [1.807, 2.05) is 0 Å². The van der Waals surface area contributed by atoms with Crippen molar-refractivity contribution in [3.05, 3.63) is 24.0 Å². The van der Waals surface area contributed by atoms with Crippen LogP contribution in [0.2, 0.25) is 0 Å². The third-order valence-corrected chi connectivity index (χ3v) is 4.81. The molecule has 0 radical (unpaired) electrons. The fourth-order valence-corrected chi connectivity index (χ4v) is 3.14. The van der Waals surface area contributed by atoms with Crippen molar-refractivity contribution in [3.63, 3.8) is 0 Å². The molecule has 0 bridgehead atoms. The minimum atomic E-state index is -0.0716. The van der Waals surface area contributed by atoms with Crippen LogP contribution in [0.5, 0.6) is 0 Å². The lowest BCUT2D eigenvalue weighted by molar-refractivity contribution is 0.0362. The molecule has 0 saturated heterocycles. The van der Waals surface area contributed by atoms with Gasteiger partial charge in [0.2, 0.25) is 0 Å². The van der Waals surface area contributed by atoms with Gasteiger partial charge in [-0.15, -0.1) is 0 Å². The quantitative estimate of drug-likeness (QED) is 0.546. The van der Waals surface area contributed by atoms with Crippen molar-refractivity contribution in [1.82, 2.24) is 0 Å². The maximum absolute atomic E-state index is 6.12. The van der Waals surface area contributed by atoms with E-state index >= 15 is 0 Å². The molecule has 22 heavy (non-hydrogen) atoms. The number of ether oxygens (including phenoxy) is 1. The van der Waals surface area contributed by atoms with Crippen LogP contribution >= 0.6 is 0 Å². The summed E-state index contributed by atoms with van der Waals surface area (Å²) >= 11 is 0. The van der Waals surface area contributed by atoms with E-state index < -0.39 is 0 Å². The first-order valence-corrected chi connectivity index (χ1v) is 8.91. The third kappa shape index (κ3) is 6.18. The second kappa shape index (κ2) is 6.81. The Balaban J connectivity index is 2.79. The highest BCUT2D eigenvalue weighted by Crippen LogP contribution is 2.43. The normalized spacial score (nSPS) is 21.5. The third-order valence-electron chi connectivity index (χ3n) is 4.81. The number of hydrogen-bond donors (Lipinski definition) is 0. The molecule has 128 valence electrons. The van der Waals surface area contributed by atoms with E-state index in [1.165, 1.54) is 6.42 Å². The molecule has 1 aliphatic carbocycles. The Kier molecular flexibility index (Phi) is 5.98. The highest BCUT2D eigenvalue weighted by atomic mass is 16.5. The van der Waals surface area contributed by atoms with Crippen LogP contribution in [0.15, 0.2) is 24.0 Å². The molecule has 0 aromatic carbocycles. The van der Waals surface area contributed by atoms with E-state index in [2.05, 4.69) is 80.5 Å². The number of rotatable bonds is 5. The zero-order valence-corrected chi connectivity index (χ0v) is 16.4. The van der Waals surface area contributed by atoms with Crippen molar-refractivity contribution >= 4 is 0 Å². The van der Waals surface area contributed by atoms with Gasteiger partial charge in [-0.1, -0.05) is 54.5 Å². The average Bonchev–Trinajstić information content (AvgIpc) is 2.34. The van der Waals surface area contributed by atoms with Crippen molar-refractivity contribution in [3.8, 4) is 0 Å². The lowest BCUT2D eigenvalue weighted by Gasteiger charge is -2.40. The van der Waals surface area contributed by atoms with Gasteiger partial charge in [-0.2, -0.15) is 0 Å². The Labute approximate surface area is 139 Å². The molecule has 0 fully saturated rings. The van der Waals surface area contributed by atoms with Crippen molar-refractivity contribution in [1.29, 1.82) is 0 Å². The van der Waals surface area contributed by atoms with E-state index in [0.717, 1.165) is 18.6 Å². The van der Waals surface area contributed by atoms with Crippen LogP contribution in [-0.2, 0) is 4.74 Å². The van der Waals surface area contributed by atoms with Crippen LogP contribution in [0.25, 0.3) is 0 Å². The molecule has 0 heterocycles. The fraction of sp³-hybridized carbons (Fsp3) is 0.810. The van der Waals surface area contributed by atoms with E-state index in [9.17, 15) is 0 Å². The van der Waals surface area contributed by atoms with Gasteiger partial charge < -0.3 is 4.74 Å². The summed E-state index contributed by atoms with van der Waals surface area (Å²) in [5.74, 6) is 2.36. The predicted molar refractivity (Wildman–Crippen MR) is 97.8 cm³/mol. The van der Waals surface area contributed by atoms with Crippen LogP contribution in [0, 0.1) is 22.7 Å². The average molecular weight is 307 g/mol. The van der Waals surface area contributed by atoms with Crippen LogP contribution in [-0.4, -0.2) is 5.60 Å². The van der Waals surface area contributed by atoms with Gasteiger partial charge in [0.05, 0.1) is 0 Å². The SMILES string of the molecule is CCC(C)(C)OC1=CCC(C(CC(C)(C)C)C(C)(C)C)C=C1. The summed E-state index contributed by atoms with van der Waals surface area (Å²) in [7, 11) is 0. The monoisotopic (exact) mass is 306 g/mol. The Morgan fingerprint density at radius 2 is 1.68 bits per heavy atom. The molecular formula is C21H38O. The molecule has 0 amide bonds. The highest BCUT2D eigenvalue weighted by Gasteiger charge is 2.34. The molecule has 2 atom stereocenters. The van der Waals surface area contributed by atoms with Gasteiger partial charge in [-0.25, -0.2) is 0 Å². The van der Waals surface area contributed by atoms with Crippen molar-refractivity contribution in [2.45, 2.75) is 87.2 Å². The predicted octanol–water partition coefficient (Wildman–Crippen LogP) is 6.75. The molecule has 0 spiro atoms. The molecule has 0 aromatic heterocycles. The maximum Gasteiger partial charge on any atom is 0.115 e. The topological polar surface area (TPSA) is 9.23 Å². The standard InChI is InChI=1S/C21H38O/c1-10-21(8,9)22-17-13-11-16(12-14-17)18(20(5,6)7)15-19(2,3)4/h11,13-14,16,18H,10,12,15H2,1-9H3. The van der Waals surface area contributed by atoms with E-state index in [0.29, 0.717) is 22.7 Å². The Bertz CT molecular complexity index is 412. The van der Waals surface area contributed by atoms with Crippen molar-refractivity contribution in [2.75, 3.05) is 0 Å². The summed E-state index contributed by atoms with van der Waals surface area (Å²) in [6, 6.07) is 0. The number of hydrogen-bond acceptors (Lipinski definition) is 1. The molecule has 1 heteroatoms. The van der Waals surface area contributed by atoms with Gasteiger partial charge in [-0.05, 0) is 67.9 Å². The molecule has 1 nitrogen and oxygen atoms in total. The first kappa shape index (κ1) is 19.3. The summed E-state index contributed by atoms with van der Waals surface area (Å²) in [4.78, 5) is 0. The minimum absolute atomic E-state index is 0.0716. The molecule has 1 aliphatic rings. The largest absolute Gasteiger partial charge is 0.488 e. The molecule has 1 rings (SSSR count). The Morgan fingerprint density at radius 3 is 2.05 bits per heavy atom. The first-order chi connectivity index (χ1) is 9.84. The van der Waals surface area contributed by atoms with Gasteiger partial charge in [0, 0.05) is 0 Å². The van der Waals surface area contributed by atoms with Crippen molar-refractivity contribution < 1.29 is 4.74 Å². The van der Waals surface area contributed by atoms with Crippen LogP contribution < -0.4 is 0 Å². The molecule has 2 unspecified atom stereocenters. The van der Waals surface area contributed by atoms with E-state index in [-0.39, 0.29) is 5.60 Å². The summed E-state index contributed by atoms with van der Waals surface area (Å²) in [5.41, 5.74) is 0.630. The number of allylic oxidation sites excluding steroid dienone is 3. The zero-order chi connectivity index (χ0) is 17.2. The van der Waals surface area contributed by atoms with Crippen LogP contribution in [0.4, 0.5) is 0 Å².